The van der Waals surface area contributed by atoms with Crippen LogP contribution in [0.15, 0.2) is 23.0 Å². The van der Waals surface area contributed by atoms with Gasteiger partial charge in [-0.05, 0) is 53.1 Å². The molecule has 0 bridgehead atoms. The van der Waals surface area contributed by atoms with Gasteiger partial charge in [0.1, 0.15) is 11.6 Å². The molecule has 0 atom stereocenters. The average molecular weight is 405 g/mol. The Morgan fingerprint density at radius 3 is 2.85 bits per heavy atom. The van der Waals surface area contributed by atoms with Gasteiger partial charge in [0.05, 0.1) is 9.26 Å². The zero-order valence-corrected chi connectivity index (χ0v) is 13.3. The van der Waals surface area contributed by atoms with E-state index in [2.05, 4.69) is 9.97 Å². The van der Waals surface area contributed by atoms with Gasteiger partial charge in [-0.2, -0.15) is 0 Å². The van der Waals surface area contributed by atoms with Crippen molar-refractivity contribution >= 4 is 34.2 Å². The molecule has 1 fully saturated rings. The van der Waals surface area contributed by atoms with Crippen molar-refractivity contribution < 1.29 is 4.39 Å². The number of halogens is 3. The molecular formula is C14H11ClFIN2O. The SMILES string of the molecule is O=c1[nH]c(Cc2ccc(F)cc2Cl)nc(C2CC2)c1I. The number of aromatic amines is 1. The highest BCUT2D eigenvalue weighted by Gasteiger charge is 2.28. The van der Waals surface area contributed by atoms with E-state index in [1.54, 1.807) is 6.07 Å². The Kier molecular flexibility index (Phi) is 3.81. The molecule has 6 heteroatoms. The van der Waals surface area contributed by atoms with Gasteiger partial charge in [-0.15, -0.1) is 0 Å². The van der Waals surface area contributed by atoms with Gasteiger partial charge in [-0.25, -0.2) is 9.37 Å². The first-order valence-electron chi connectivity index (χ1n) is 6.27. The van der Waals surface area contributed by atoms with Crippen molar-refractivity contribution in [1.29, 1.82) is 0 Å². The summed E-state index contributed by atoms with van der Waals surface area (Å²) < 4.78 is 13.7. The van der Waals surface area contributed by atoms with E-state index in [1.165, 1.54) is 12.1 Å². The second-order valence-electron chi connectivity index (χ2n) is 4.90. The molecule has 2 aromatic rings. The standard InChI is InChI=1S/C14H11ClFIN2O/c15-10-6-9(16)4-3-8(10)5-11-18-13(7-1-2-7)12(17)14(20)19-11/h3-4,6-7H,1-2,5H2,(H,18,19,20). The molecule has 104 valence electrons. The first-order chi connectivity index (χ1) is 9.54. The monoisotopic (exact) mass is 404 g/mol. The maximum absolute atomic E-state index is 13.0. The molecule has 1 aromatic heterocycles. The fourth-order valence-corrected chi connectivity index (χ4v) is 3.01. The van der Waals surface area contributed by atoms with Crippen molar-refractivity contribution in [3.05, 3.63) is 60.0 Å². The lowest BCUT2D eigenvalue weighted by molar-refractivity contribution is 0.627. The Morgan fingerprint density at radius 1 is 1.45 bits per heavy atom. The molecule has 1 aliphatic rings. The van der Waals surface area contributed by atoms with E-state index in [-0.39, 0.29) is 11.4 Å². The third-order valence-electron chi connectivity index (χ3n) is 3.27. The van der Waals surface area contributed by atoms with E-state index in [0.29, 0.717) is 26.8 Å². The molecule has 20 heavy (non-hydrogen) atoms. The van der Waals surface area contributed by atoms with Gasteiger partial charge < -0.3 is 4.98 Å². The summed E-state index contributed by atoms with van der Waals surface area (Å²) in [6.07, 6.45) is 2.57. The third-order valence-corrected chi connectivity index (χ3v) is 4.67. The lowest BCUT2D eigenvalue weighted by Crippen LogP contribution is -2.18. The zero-order chi connectivity index (χ0) is 14.3. The summed E-state index contributed by atoms with van der Waals surface area (Å²) in [5.74, 6) is 0.610. The Morgan fingerprint density at radius 2 is 2.20 bits per heavy atom. The van der Waals surface area contributed by atoms with Crippen LogP contribution in [0, 0.1) is 9.39 Å². The molecule has 3 nitrogen and oxygen atoms in total. The summed E-state index contributed by atoms with van der Waals surface area (Å²) in [5, 5.41) is 0.346. The van der Waals surface area contributed by atoms with E-state index < -0.39 is 0 Å². The summed E-state index contributed by atoms with van der Waals surface area (Å²) >= 11 is 8.04. The fraction of sp³-hybridized carbons (Fsp3) is 0.286. The van der Waals surface area contributed by atoms with Crippen LogP contribution < -0.4 is 5.56 Å². The lowest BCUT2D eigenvalue weighted by Gasteiger charge is -2.07. The van der Waals surface area contributed by atoms with Crippen LogP contribution in [-0.4, -0.2) is 9.97 Å². The largest absolute Gasteiger partial charge is 0.309 e. The van der Waals surface area contributed by atoms with Gasteiger partial charge in [0, 0.05) is 17.4 Å². The number of benzene rings is 1. The van der Waals surface area contributed by atoms with Crippen LogP contribution in [0.2, 0.25) is 5.02 Å². The van der Waals surface area contributed by atoms with Crippen LogP contribution in [-0.2, 0) is 6.42 Å². The Bertz CT molecular complexity index is 728. The van der Waals surface area contributed by atoms with Crippen molar-refractivity contribution in [2.24, 2.45) is 0 Å². The summed E-state index contributed by atoms with van der Waals surface area (Å²) in [5.41, 5.74) is 1.51. The Hall–Kier alpha value is -0.950. The maximum Gasteiger partial charge on any atom is 0.264 e. The van der Waals surface area contributed by atoms with Gasteiger partial charge >= 0.3 is 0 Å². The van der Waals surface area contributed by atoms with Gasteiger partial charge in [0.2, 0.25) is 0 Å². The van der Waals surface area contributed by atoms with Gasteiger partial charge in [0.15, 0.2) is 0 Å². The molecule has 0 spiro atoms. The predicted molar refractivity (Wildman–Crippen MR) is 83.8 cm³/mol. The molecule has 1 aliphatic carbocycles. The van der Waals surface area contributed by atoms with Crippen LogP contribution in [0.5, 0.6) is 0 Å². The second-order valence-corrected chi connectivity index (χ2v) is 6.38. The summed E-state index contributed by atoms with van der Waals surface area (Å²) in [4.78, 5) is 19.2. The van der Waals surface area contributed by atoms with Crippen LogP contribution >= 0.6 is 34.2 Å². The van der Waals surface area contributed by atoms with E-state index in [4.69, 9.17) is 11.6 Å². The lowest BCUT2D eigenvalue weighted by atomic mass is 10.1. The Balaban J connectivity index is 1.96. The quantitative estimate of drug-likeness (QED) is 0.794. The number of nitrogens with one attached hydrogen (secondary N) is 1. The first kappa shape index (κ1) is 14.0. The van der Waals surface area contributed by atoms with Crippen LogP contribution in [0.25, 0.3) is 0 Å². The highest BCUT2D eigenvalue weighted by atomic mass is 127. The summed E-state index contributed by atoms with van der Waals surface area (Å²) in [6.45, 7) is 0. The number of aromatic nitrogens is 2. The molecule has 0 unspecified atom stereocenters. The summed E-state index contributed by atoms with van der Waals surface area (Å²) in [7, 11) is 0. The molecule has 1 saturated carbocycles. The molecule has 0 saturated heterocycles. The smallest absolute Gasteiger partial charge is 0.264 e. The minimum Gasteiger partial charge on any atom is -0.309 e. The van der Waals surface area contributed by atoms with Crippen LogP contribution in [0.4, 0.5) is 4.39 Å². The molecular weight excluding hydrogens is 394 g/mol. The third kappa shape index (κ3) is 2.88. The van der Waals surface area contributed by atoms with Crippen molar-refractivity contribution in [2.45, 2.75) is 25.2 Å². The Labute approximate surface area is 133 Å². The maximum atomic E-state index is 13.0. The number of hydrogen-bond acceptors (Lipinski definition) is 2. The van der Waals surface area contributed by atoms with Crippen LogP contribution in [0.3, 0.4) is 0 Å². The van der Waals surface area contributed by atoms with Gasteiger partial charge in [0.25, 0.3) is 5.56 Å². The minimum atomic E-state index is -0.374. The molecule has 1 aromatic carbocycles. The van der Waals surface area contributed by atoms with Gasteiger partial charge in [-0.1, -0.05) is 17.7 Å². The highest BCUT2D eigenvalue weighted by molar-refractivity contribution is 14.1. The van der Waals surface area contributed by atoms with Crippen molar-refractivity contribution in [1.82, 2.24) is 9.97 Å². The molecule has 0 radical (unpaired) electrons. The first-order valence-corrected chi connectivity index (χ1v) is 7.73. The number of rotatable bonds is 3. The number of nitrogens with zero attached hydrogens (tertiary/aromatic N) is 1. The average Bonchev–Trinajstić information content (AvgIpc) is 3.21. The van der Waals surface area contributed by atoms with Crippen LogP contribution in [0.1, 0.15) is 35.8 Å². The number of hydrogen-bond donors (Lipinski definition) is 1. The molecule has 1 heterocycles. The van der Waals surface area contributed by atoms with E-state index in [1.807, 2.05) is 22.6 Å². The van der Waals surface area contributed by atoms with E-state index in [0.717, 1.165) is 24.1 Å². The van der Waals surface area contributed by atoms with E-state index in [9.17, 15) is 9.18 Å². The van der Waals surface area contributed by atoms with E-state index >= 15 is 0 Å². The predicted octanol–water partition coefficient (Wildman–Crippen LogP) is 3.64. The molecule has 0 aliphatic heterocycles. The highest BCUT2D eigenvalue weighted by Crippen LogP contribution is 2.40. The number of H-pyrrole nitrogens is 1. The normalized spacial score (nSPS) is 14.6. The molecule has 0 amide bonds. The summed E-state index contributed by atoms with van der Waals surface area (Å²) in [6, 6.07) is 4.24. The minimum absolute atomic E-state index is 0.115. The van der Waals surface area contributed by atoms with Gasteiger partial charge in [-0.3, -0.25) is 4.79 Å². The van der Waals surface area contributed by atoms with Crippen molar-refractivity contribution in [2.75, 3.05) is 0 Å². The molecule has 1 N–H and O–H groups in total. The second kappa shape index (κ2) is 5.44. The topological polar surface area (TPSA) is 45.8 Å². The van der Waals surface area contributed by atoms with Crippen molar-refractivity contribution in [3.63, 3.8) is 0 Å². The van der Waals surface area contributed by atoms with Crippen molar-refractivity contribution in [3.8, 4) is 0 Å². The zero-order valence-electron chi connectivity index (χ0n) is 10.4. The fourth-order valence-electron chi connectivity index (χ4n) is 2.08. The molecule has 3 rings (SSSR count).